The number of amides is 2. The highest BCUT2D eigenvalue weighted by molar-refractivity contribution is 8.00. The molecule has 4 atom stereocenters. The summed E-state index contributed by atoms with van der Waals surface area (Å²) in [6, 6.07) is 7.08. The molecule has 13 heteroatoms. The van der Waals surface area contributed by atoms with Gasteiger partial charge in [0.25, 0.3) is 5.91 Å². The Bertz CT molecular complexity index is 1370. The number of ketones is 1. The zero-order valence-electron chi connectivity index (χ0n) is 25.7. The number of Topliss-reactive ketones (excluding diaryl/α,β-unsaturated/α-hetero) is 1. The zero-order chi connectivity index (χ0) is 33.4. The lowest BCUT2D eigenvalue weighted by atomic mass is 9.87. The van der Waals surface area contributed by atoms with Gasteiger partial charge < -0.3 is 25.8 Å². The topological polar surface area (TPSA) is 139 Å². The fourth-order valence-corrected chi connectivity index (χ4v) is 6.15. The number of carboxylic acid groups (broad SMARTS) is 1. The molecular formula is C32H40F3N3O6S. The van der Waals surface area contributed by atoms with Gasteiger partial charge in [-0.2, -0.15) is 0 Å². The van der Waals surface area contributed by atoms with Crippen molar-refractivity contribution >= 4 is 35.3 Å². The van der Waals surface area contributed by atoms with Crippen LogP contribution < -0.4 is 15.8 Å². The van der Waals surface area contributed by atoms with E-state index in [1.54, 1.807) is 38.1 Å². The third-order valence-electron chi connectivity index (χ3n) is 7.56. The highest BCUT2D eigenvalue weighted by Gasteiger charge is 2.35. The number of benzene rings is 2. The molecule has 4 N–H and O–H groups in total. The van der Waals surface area contributed by atoms with Crippen LogP contribution in [0.2, 0.25) is 0 Å². The average Bonchev–Trinajstić information content (AvgIpc) is 3.46. The van der Waals surface area contributed by atoms with E-state index in [4.69, 9.17) is 10.5 Å². The van der Waals surface area contributed by atoms with Gasteiger partial charge in [-0.25, -0.2) is 13.2 Å². The van der Waals surface area contributed by atoms with Crippen LogP contribution in [-0.4, -0.2) is 63.4 Å². The minimum absolute atomic E-state index is 0.128. The number of thioether (sulfide) groups is 1. The van der Waals surface area contributed by atoms with E-state index in [-0.39, 0.29) is 54.9 Å². The second kappa shape index (κ2) is 16.1. The van der Waals surface area contributed by atoms with Crippen LogP contribution in [0.1, 0.15) is 51.7 Å². The van der Waals surface area contributed by atoms with Crippen molar-refractivity contribution in [2.24, 2.45) is 23.5 Å². The van der Waals surface area contributed by atoms with Crippen LogP contribution >= 0.6 is 11.8 Å². The first-order valence-electron chi connectivity index (χ1n) is 14.8. The maximum atomic E-state index is 14.0. The number of carbonyl (C=O) groups is 4. The first-order chi connectivity index (χ1) is 21.2. The summed E-state index contributed by atoms with van der Waals surface area (Å²) in [4.78, 5) is 51.8. The summed E-state index contributed by atoms with van der Waals surface area (Å²) in [7, 11) is 0. The Labute approximate surface area is 265 Å². The molecule has 2 aromatic carbocycles. The van der Waals surface area contributed by atoms with Crippen molar-refractivity contribution in [2.45, 2.75) is 71.0 Å². The summed E-state index contributed by atoms with van der Waals surface area (Å²) in [6.07, 6.45) is -1.34. The van der Waals surface area contributed by atoms with Crippen molar-refractivity contribution in [3.63, 3.8) is 0 Å². The van der Waals surface area contributed by atoms with Crippen molar-refractivity contribution in [3.05, 3.63) is 65.0 Å². The quantitative estimate of drug-likeness (QED) is 0.243. The van der Waals surface area contributed by atoms with E-state index in [9.17, 15) is 37.5 Å². The number of carbonyl (C=O) groups excluding carboxylic acids is 3. The Hall–Kier alpha value is -3.58. The fraction of sp³-hybridized carbons (Fsp3) is 0.500. The Morgan fingerprint density at radius 2 is 1.64 bits per heavy atom. The zero-order valence-corrected chi connectivity index (χ0v) is 26.5. The minimum Gasteiger partial charge on any atom is -0.482 e. The lowest BCUT2D eigenvalue weighted by Gasteiger charge is -2.25. The van der Waals surface area contributed by atoms with Crippen molar-refractivity contribution in [1.29, 1.82) is 0 Å². The molecule has 45 heavy (non-hydrogen) atoms. The average molecular weight is 652 g/mol. The molecular weight excluding hydrogens is 611 g/mol. The van der Waals surface area contributed by atoms with Gasteiger partial charge in [-0.05, 0) is 47.6 Å². The maximum absolute atomic E-state index is 14.0. The second-order valence-corrected chi connectivity index (χ2v) is 13.0. The first kappa shape index (κ1) is 35.9. The van der Waals surface area contributed by atoms with Crippen molar-refractivity contribution in [1.82, 2.24) is 10.2 Å². The molecule has 2 unspecified atom stereocenters. The summed E-state index contributed by atoms with van der Waals surface area (Å²) in [5.41, 5.74) is 6.62. The normalized spacial score (nSPS) is 16.8. The van der Waals surface area contributed by atoms with Crippen LogP contribution in [-0.2, 0) is 32.1 Å². The maximum Gasteiger partial charge on any atom is 0.307 e. The molecule has 0 radical (unpaired) electrons. The van der Waals surface area contributed by atoms with Gasteiger partial charge in [-0.1, -0.05) is 39.8 Å². The third kappa shape index (κ3) is 9.95. The van der Waals surface area contributed by atoms with E-state index >= 15 is 0 Å². The summed E-state index contributed by atoms with van der Waals surface area (Å²) in [5.74, 6) is -5.79. The number of carboxylic acids is 1. The highest BCUT2D eigenvalue weighted by Crippen LogP contribution is 2.26. The van der Waals surface area contributed by atoms with E-state index in [1.807, 2.05) is 13.8 Å². The summed E-state index contributed by atoms with van der Waals surface area (Å²) >= 11 is 1.29. The van der Waals surface area contributed by atoms with Crippen LogP contribution in [0.4, 0.5) is 13.2 Å². The fourth-order valence-electron chi connectivity index (χ4n) is 4.98. The van der Waals surface area contributed by atoms with Crippen molar-refractivity contribution in [2.75, 3.05) is 12.3 Å². The number of hydrogen-bond donors (Lipinski definition) is 3. The molecule has 1 aliphatic rings. The largest absolute Gasteiger partial charge is 0.482 e. The predicted octanol–water partition coefficient (Wildman–Crippen LogP) is 4.30. The Kier molecular flexibility index (Phi) is 12.9. The van der Waals surface area contributed by atoms with Gasteiger partial charge in [-0.3, -0.25) is 19.2 Å². The molecule has 1 saturated heterocycles. The third-order valence-corrected chi connectivity index (χ3v) is 8.77. The van der Waals surface area contributed by atoms with Gasteiger partial charge in [0, 0.05) is 43.8 Å². The van der Waals surface area contributed by atoms with Crippen molar-refractivity contribution < 1.29 is 42.2 Å². The van der Waals surface area contributed by atoms with Gasteiger partial charge in [0.15, 0.2) is 28.9 Å². The summed E-state index contributed by atoms with van der Waals surface area (Å²) in [6.45, 7) is 7.65. The number of nitrogens with zero attached hydrogens (tertiary/aromatic N) is 1. The van der Waals surface area contributed by atoms with Crippen LogP contribution in [0.5, 0.6) is 5.75 Å². The van der Waals surface area contributed by atoms with Gasteiger partial charge >= 0.3 is 5.97 Å². The molecule has 246 valence electrons. The lowest BCUT2D eigenvalue weighted by molar-refractivity contribution is -0.146. The number of hydrogen-bond acceptors (Lipinski definition) is 7. The standard InChI is InChI=1S/C32H40F3N3O6S/c1-17(2)23(32(42)43)14-27(39)29(18(3)4)44-22-7-5-19(6-8-22)16-37-30(41)31-38(9-10-45-31)28(40)13-21(36)11-20-12-25(34)26(35)15-24(20)33/h5-8,12,15,17-18,21,23,29,31H,9-11,13-14,16,36H2,1-4H3,(H,37,41)(H,42,43)/t21-,23+,29?,31?/m1/s1. The SMILES string of the molecule is CC(C)C(Oc1ccc(CNC(=O)C2SCCN2C(=O)C[C@H](N)Cc2cc(F)c(F)cc2F)cc1)C(=O)C[C@H](C(=O)O)C(C)C. The number of rotatable bonds is 15. The molecule has 0 saturated carbocycles. The highest BCUT2D eigenvalue weighted by atomic mass is 32.2. The summed E-state index contributed by atoms with van der Waals surface area (Å²) in [5, 5.41) is 11.5. The van der Waals surface area contributed by atoms with Crippen LogP contribution in [0.3, 0.4) is 0 Å². The Balaban J connectivity index is 1.53. The number of nitrogens with two attached hydrogens (primary N) is 1. The molecule has 0 aromatic heterocycles. The van der Waals surface area contributed by atoms with Crippen LogP contribution in [0, 0.1) is 35.2 Å². The van der Waals surface area contributed by atoms with E-state index in [0.29, 0.717) is 24.1 Å². The molecule has 0 bridgehead atoms. The molecule has 2 aromatic rings. The number of ether oxygens (including phenoxy) is 1. The predicted molar refractivity (Wildman–Crippen MR) is 164 cm³/mol. The molecule has 1 aliphatic heterocycles. The van der Waals surface area contributed by atoms with E-state index in [1.165, 1.54) is 16.7 Å². The van der Waals surface area contributed by atoms with Gasteiger partial charge in [0.2, 0.25) is 5.91 Å². The lowest BCUT2D eigenvalue weighted by Crippen LogP contribution is -2.46. The number of nitrogens with one attached hydrogen (secondary N) is 1. The number of aliphatic carboxylic acids is 1. The Morgan fingerprint density at radius 3 is 2.24 bits per heavy atom. The molecule has 0 aliphatic carbocycles. The van der Waals surface area contributed by atoms with E-state index in [2.05, 4.69) is 5.32 Å². The van der Waals surface area contributed by atoms with Crippen LogP contribution in [0.25, 0.3) is 0 Å². The molecule has 1 heterocycles. The van der Waals surface area contributed by atoms with Crippen molar-refractivity contribution in [3.8, 4) is 5.75 Å². The number of halogens is 3. The molecule has 0 spiro atoms. The van der Waals surface area contributed by atoms with Gasteiger partial charge in [0.05, 0.1) is 5.92 Å². The first-order valence-corrected chi connectivity index (χ1v) is 15.8. The van der Waals surface area contributed by atoms with Gasteiger partial charge in [-0.15, -0.1) is 11.8 Å². The molecule has 1 fully saturated rings. The van der Waals surface area contributed by atoms with Crippen LogP contribution in [0.15, 0.2) is 36.4 Å². The Morgan fingerprint density at radius 1 is 1.00 bits per heavy atom. The van der Waals surface area contributed by atoms with E-state index < -0.39 is 52.8 Å². The smallest absolute Gasteiger partial charge is 0.307 e. The van der Waals surface area contributed by atoms with E-state index in [0.717, 1.165) is 11.6 Å². The molecule has 3 rings (SSSR count). The monoisotopic (exact) mass is 651 g/mol. The minimum atomic E-state index is -1.31. The molecule has 9 nitrogen and oxygen atoms in total. The molecule has 2 amide bonds. The summed E-state index contributed by atoms with van der Waals surface area (Å²) < 4.78 is 46.7. The second-order valence-electron chi connectivity index (χ2n) is 11.8. The van der Waals surface area contributed by atoms with Gasteiger partial charge in [0.1, 0.15) is 11.6 Å².